The van der Waals surface area contributed by atoms with E-state index in [2.05, 4.69) is 103 Å². The molecule has 0 bridgehead atoms. The predicted octanol–water partition coefficient (Wildman–Crippen LogP) is 8.13. The molecule has 0 saturated carbocycles. The third kappa shape index (κ3) is 4.34. The molecule has 0 radical (unpaired) electrons. The minimum Gasteiger partial charge on any atom is -0.456 e. The fraction of sp³-hybridized carbons (Fsp3) is 0. The van der Waals surface area contributed by atoms with Crippen molar-refractivity contribution >= 4 is 50.8 Å². The van der Waals surface area contributed by atoms with Crippen LogP contribution < -0.4 is 20.7 Å². The van der Waals surface area contributed by atoms with Crippen LogP contribution in [0.1, 0.15) is 0 Å². The number of para-hydroxylation sites is 1. The Bertz CT molecular complexity index is 2620. The number of aromatic nitrogens is 3. The molecule has 2 aromatic heterocycles. The highest BCUT2D eigenvalue weighted by atomic mass is 28.3. The molecule has 4 nitrogen and oxygen atoms in total. The van der Waals surface area contributed by atoms with Crippen LogP contribution in [0.3, 0.4) is 0 Å². The summed E-state index contributed by atoms with van der Waals surface area (Å²) in [5.41, 5.74) is 7.28. The van der Waals surface area contributed by atoms with E-state index in [0.717, 1.165) is 38.6 Å². The summed E-state index contributed by atoms with van der Waals surface area (Å²) in [4.78, 5) is 15.1. The van der Waals surface area contributed by atoms with Gasteiger partial charge in [0, 0.05) is 27.5 Å². The second-order valence-electron chi connectivity index (χ2n) is 12.8. The first-order valence-corrected chi connectivity index (χ1v) is 18.9. The number of benzene rings is 7. The van der Waals surface area contributed by atoms with Gasteiger partial charge in [0.2, 0.25) is 0 Å². The van der Waals surface area contributed by atoms with Crippen molar-refractivity contribution in [3.8, 4) is 45.3 Å². The van der Waals surface area contributed by atoms with Gasteiger partial charge in [0.1, 0.15) is 11.2 Å². The predicted molar refractivity (Wildman–Crippen MR) is 206 cm³/mol. The fourth-order valence-corrected chi connectivity index (χ4v) is 13.0. The molecule has 0 saturated heterocycles. The van der Waals surface area contributed by atoms with E-state index in [0.29, 0.717) is 17.5 Å². The van der Waals surface area contributed by atoms with Gasteiger partial charge in [-0.15, -0.1) is 0 Å². The second-order valence-corrected chi connectivity index (χ2v) is 16.5. The highest BCUT2D eigenvalue weighted by Crippen LogP contribution is 2.33. The van der Waals surface area contributed by atoms with Crippen molar-refractivity contribution in [1.29, 1.82) is 0 Å². The maximum atomic E-state index is 6.31. The maximum Gasteiger partial charge on any atom is 0.180 e. The monoisotopic (exact) mass is 655 g/mol. The summed E-state index contributed by atoms with van der Waals surface area (Å²) in [6.07, 6.45) is 0. The zero-order valence-corrected chi connectivity index (χ0v) is 28.0. The van der Waals surface area contributed by atoms with Gasteiger partial charge in [0.25, 0.3) is 0 Å². The van der Waals surface area contributed by atoms with Crippen molar-refractivity contribution in [1.82, 2.24) is 15.0 Å². The largest absolute Gasteiger partial charge is 0.456 e. The van der Waals surface area contributed by atoms with Gasteiger partial charge in [-0.3, -0.25) is 0 Å². The third-order valence-corrected chi connectivity index (χ3v) is 14.9. The molecule has 0 spiro atoms. The molecule has 0 N–H and O–H groups in total. The summed E-state index contributed by atoms with van der Waals surface area (Å²) in [5.74, 6) is 1.96. The van der Waals surface area contributed by atoms with Crippen molar-refractivity contribution in [2.45, 2.75) is 0 Å². The van der Waals surface area contributed by atoms with E-state index in [9.17, 15) is 0 Å². The Balaban J connectivity index is 1.25. The molecule has 3 heterocycles. The summed E-state index contributed by atoms with van der Waals surface area (Å²) < 4.78 is 6.31. The summed E-state index contributed by atoms with van der Waals surface area (Å²) in [6.45, 7) is 0. The van der Waals surface area contributed by atoms with Gasteiger partial charge < -0.3 is 4.42 Å². The third-order valence-electron chi connectivity index (χ3n) is 10.0. The number of rotatable bonds is 5. The van der Waals surface area contributed by atoms with Crippen LogP contribution >= 0.6 is 0 Å². The van der Waals surface area contributed by atoms with Gasteiger partial charge in [-0.05, 0) is 44.0 Å². The zero-order valence-electron chi connectivity index (χ0n) is 27.0. The number of furan rings is 1. The highest BCUT2D eigenvalue weighted by molar-refractivity contribution is 7.22. The normalized spacial score (nSPS) is 13.0. The number of nitrogens with zero attached hydrogens (tertiary/aromatic N) is 3. The van der Waals surface area contributed by atoms with Crippen molar-refractivity contribution < 1.29 is 4.42 Å². The molecule has 0 aliphatic carbocycles. The van der Waals surface area contributed by atoms with E-state index in [-0.39, 0.29) is 0 Å². The number of hydrogen-bond donors (Lipinski definition) is 0. The lowest BCUT2D eigenvalue weighted by atomic mass is 10.1. The Morgan fingerprint density at radius 3 is 1.52 bits per heavy atom. The van der Waals surface area contributed by atoms with Crippen molar-refractivity contribution in [2.24, 2.45) is 0 Å². The minimum atomic E-state index is -2.84. The second kappa shape index (κ2) is 11.3. The molecular formula is C45H29N3OSi. The first kappa shape index (κ1) is 28.6. The molecule has 50 heavy (non-hydrogen) atoms. The molecule has 10 rings (SSSR count). The van der Waals surface area contributed by atoms with Gasteiger partial charge in [0.05, 0.1) is 0 Å². The minimum absolute atomic E-state index is 0.652. The Morgan fingerprint density at radius 2 is 0.860 bits per heavy atom. The van der Waals surface area contributed by atoms with E-state index >= 15 is 0 Å². The van der Waals surface area contributed by atoms with E-state index < -0.39 is 8.07 Å². The molecule has 5 heteroatoms. The molecule has 1 aliphatic heterocycles. The van der Waals surface area contributed by atoms with Crippen LogP contribution in [0.4, 0.5) is 0 Å². The first-order valence-electron chi connectivity index (χ1n) is 16.9. The standard InChI is InChI=1S/C45H29N3OSi/c1-3-14-30(15-4-1)43-46-44(31-16-5-2-6-17-31)48-45(47-43)32-18-13-19-33(28-32)50(41-24-11-8-21-36(41)37-22-9-12-25-42(37)50)34-26-27-40-38(29-34)35-20-7-10-23-39(35)49-40/h1-29H. The lowest BCUT2D eigenvalue weighted by molar-refractivity contribution is 0.669. The fourth-order valence-electron chi connectivity index (χ4n) is 7.81. The van der Waals surface area contributed by atoms with Gasteiger partial charge in [-0.2, -0.15) is 0 Å². The number of fused-ring (bicyclic) bond motifs is 6. The van der Waals surface area contributed by atoms with Gasteiger partial charge in [-0.1, -0.05) is 164 Å². The van der Waals surface area contributed by atoms with Crippen LogP contribution in [-0.2, 0) is 0 Å². The molecule has 1 aliphatic rings. The maximum absolute atomic E-state index is 6.31. The molecule has 0 atom stereocenters. The molecule has 0 amide bonds. The summed E-state index contributed by atoms with van der Waals surface area (Å²) in [6, 6.07) is 62.4. The smallest absolute Gasteiger partial charge is 0.180 e. The lowest BCUT2D eigenvalue weighted by Crippen LogP contribution is -2.72. The van der Waals surface area contributed by atoms with Crippen molar-refractivity contribution in [3.05, 3.63) is 176 Å². The average molecular weight is 656 g/mol. The Hall–Kier alpha value is -6.43. The van der Waals surface area contributed by atoms with Crippen LogP contribution in [-0.4, -0.2) is 23.0 Å². The molecule has 234 valence electrons. The van der Waals surface area contributed by atoms with Crippen LogP contribution in [0, 0.1) is 0 Å². The average Bonchev–Trinajstić information content (AvgIpc) is 3.72. The molecule has 9 aromatic rings. The van der Waals surface area contributed by atoms with Crippen LogP contribution in [0.15, 0.2) is 180 Å². The Morgan fingerprint density at radius 1 is 0.360 bits per heavy atom. The molecular weight excluding hydrogens is 627 g/mol. The van der Waals surface area contributed by atoms with Gasteiger partial charge in [0.15, 0.2) is 25.5 Å². The lowest BCUT2D eigenvalue weighted by Gasteiger charge is -2.31. The van der Waals surface area contributed by atoms with Gasteiger partial charge >= 0.3 is 0 Å². The quantitative estimate of drug-likeness (QED) is 0.176. The summed E-state index contributed by atoms with van der Waals surface area (Å²) >= 11 is 0. The van der Waals surface area contributed by atoms with E-state index in [1.165, 1.54) is 31.9 Å². The Kier molecular flexibility index (Phi) is 6.47. The van der Waals surface area contributed by atoms with Crippen molar-refractivity contribution in [2.75, 3.05) is 0 Å². The molecule has 7 aromatic carbocycles. The molecule has 0 fully saturated rings. The van der Waals surface area contributed by atoms with Crippen molar-refractivity contribution in [3.63, 3.8) is 0 Å². The van der Waals surface area contributed by atoms with Crippen LogP contribution in [0.2, 0.25) is 0 Å². The topological polar surface area (TPSA) is 51.8 Å². The summed E-state index contributed by atoms with van der Waals surface area (Å²) in [7, 11) is -2.84. The van der Waals surface area contributed by atoms with Crippen LogP contribution in [0.25, 0.3) is 67.2 Å². The van der Waals surface area contributed by atoms with E-state index in [4.69, 9.17) is 19.4 Å². The number of hydrogen-bond acceptors (Lipinski definition) is 4. The zero-order chi connectivity index (χ0) is 33.1. The van der Waals surface area contributed by atoms with Gasteiger partial charge in [-0.25, -0.2) is 15.0 Å². The summed E-state index contributed by atoms with van der Waals surface area (Å²) in [5, 5.41) is 7.64. The first-order chi connectivity index (χ1) is 24.8. The SMILES string of the molecule is c1ccc(-c2nc(-c3ccccc3)nc(-c3cccc([Si]4(c5ccc6oc7ccccc7c6c5)c5ccccc5-c5ccccc54)c3)n2)cc1. The Labute approximate surface area is 290 Å². The van der Waals surface area contributed by atoms with E-state index in [1.54, 1.807) is 0 Å². The molecule has 0 unspecified atom stereocenters. The highest BCUT2D eigenvalue weighted by Gasteiger charge is 2.48. The van der Waals surface area contributed by atoms with E-state index in [1.807, 2.05) is 72.8 Å². The van der Waals surface area contributed by atoms with Crippen LogP contribution in [0.5, 0.6) is 0 Å².